The van der Waals surface area contributed by atoms with Crippen molar-refractivity contribution in [3.8, 4) is 5.75 Å². The number of rotatable bonds is 4. The zero-order chi connectivity index (χ0) is 13.0. The second kappa shape index (κ2) is 5.69. The summed E-state index contributed by atoms with van der Waals surface area (Å²) in [4.78, 5) is 0. The maximum absolute atomic E-state index is 10.2. The summed E-state index contributed by atoms with van der Waals surface area (Å²) in [5.41, 5.74) is 3.25. The highest BCUT2D eigenvalue weighted by Crippen LogP contribution is 2.22. The summed E-state index contributed by atoms with van der Waals surface area (Å²) in [5.74, 6) is 0.774. The van der Waals surface area contributed by atoms with Gasteiger partial charge in [0.05, 0.1) is 13.2 Å². The van der Waals surface area contributed by atoms with Crippen molar-refractivity contribution >= 4 is 0 Å². The average molecular weight is 242 g/mol. The van der Waals surface area contributed by atoms with Gasteiger partial charge in [0.25, 0.3) is 0 Å². The summed E-state index contributed by atoms with van der Waals surface area (Å²) < 4.78 is 5.16. The Morgan fingerprint density at radius 1 is 1.11 bits per heavy atom. The highest BCUT2D eigenvalue weighted by Gasteiger charge is 2.09. The minimum atomic E-state index is -0.497. The lowest BCUT2D eigenvalue weighted by atomic mass is 10.0. The SMILES string of the molecule is COc1cccc(C(O)Cc2ccc(C)cc2)c1. The molecule has 0 aliphatic heterocycles. The molecule has 2 heteroatoms. The summed E-state index contributed by atoms with van der Waals surface area (Å²) in [6.45, 7) is 2.06. The minimum Gasteiger partial charge on any atom is -0.497 e. The minimum absolute atomic E-state index is 0.497. The van der Waals surface area contributed by atoms with E-state index in [9.17, 15) is 5.11 Å². The second-order valence-electron chi connectivity index (χ2n) is 4.48. The van der Waals surface area contributed by atoms with Crippen LogP contribution in [0.15, 0.2) is 48.5 Å². The van der Waals surface area contributed by atoms with Crippen molar-refractivity contribution in [2.24, 2.45) is 0 Å². The van der Waals surface area contributed by atoms with Gasteiger partial charge in [0, 0.05) is 6.42 Å². The smallest absolute Gasteiger partial charge is 0.119 e. The van der Waals surface area contributed by atoms with E-state index in [1.54, 1.807) is 7.11 Å². The molecule has 0 amide bonds. The van der Waals surface area contributed by atoms with E-state index in [2.05, 4.69) is 31.2 Å². The van der Waals surface area contributed by atoms with Gasteiger partial charge in [-0.3, -0.25) is 0 Å². The predicted octanol–water partition coefficient (Wildman–Crippen LogP) is 3.28. The summed E-state index contributed by atoms with van der Waals surface area (Å²) >= 11 is 0. The monoisotopic (exact) mass is 242 g/mol. The van der Waals surface area contributed by atoms with Crippen molar-refractivity contribution in [1.82, 2.24) is 0 Å². The van der Waals surface area contributed by atoms with Crippen molar-refractivity contribution in [3.63, 3.8) is 0 Å². The molecule has 1 atom stereocenters. The summed E-state index contributed by atoms with van der Waals surface area (Å²) in [7, 11) is 1.63. The van der Waals surface area contributed by atoms with Crippen molar-refractivity contribution in [2.45, 2.75) is 19.4 Å². The van der Waals surface area contributed by atoms with Crippen molar-refractivity contribution in [2.75, 3.05) is 7.11 Å². The van der Waals surface area contributed by atoms with Gasteiger partial charge in [-0.25, -0.2) is 0 Å². The van der Waals surface area contributed by atoms with Gasteiger partial charge in [0.15, 0.2) is 0 Å². The Hall–Kier alpha value is -1.80. The van der Waals surface area contributed by atoms with Crippen molar-refractivity contribution < 1.29 is 9.84 Å². The quantitative estimate of drug-likeness (QED) is 0.891. The van der Waals surface area contributed by atoms with Gasteiger partial charge in [0.2, 0.25) is 0 Å². The molecule has 0 radical (unpaired) electrons. The number of aryl methyl sites for hydroxylation is 1. The lowest BCUT2D eigenvalue weighted by Gasteiger charge is -2.12. The van der Waals surface area contributed by atoms with Crippen LogP contribution in [0.4, 0.5) is 0 Å². The molecule has 0 saturated carbocycles. The Bertz CT molecular complexity index is 503. The Morgan fingerprint density at radius 3 is 2.50 bits per heavy atom. The Morgan fingerprint density at radius 2 is 1.83 bits per heavy atom. The Labute approximate surface area is 108 Å². The molecular weight excluding hydrogens is 224 g/mol. The molecule has 18 heavy (non-hydrogen) atoms. The number of aliphatic hydroxyl groups excluding tert-OH is 1. The fraction of sp³-hybridized carbons (Fsp3) is 0.250. The van der Waals surface area contributed by atoms with E-state index >= 15 is 0 Å². The molecule has 2 aromatic carbocycles. The number of aliphatic hydroxyl groups is 1. The predicted molar refractivity (Wildman–Crippen MR) is 72.8 cm³/mol. The van der Waals surface area contributed by atoms with E-state index in [0.29, 0.717) is 6.42 Å². The zero-order valence-electron chi connectivity index (χ0n) is 10.8. The van der Waals surface area contributed by atoms with Crippen LogP contribution in [-0.4, -0.2) is 12.2 Å². The summed E-state index contributed by atoms with van der Waals surface area (Å²) in [6.07, 6.45) is 0.121. The molecule has 0 bridgehead atoms. The van der Waals surface area contributed by atoms with Gasteiger partial charge in [-0.15, -0.1) is 0 Å². The number of benzene rings is 2. The highest BCUT2D eigenvalue weighted by molar-refractivity contribution is 5.31. The first-order valence-corrected chi connectivity index (χ1v) is 6.06. The van der Waals surface area contributed by atoms with E-state index in [4.69, 9.17) is 4.74 Å². The van der Waals surface area contributed by atoms with E-state index in [1.807, 2.05) is 24.3 Å². The van der Waals surface area contributed by atoms with Gasteiger partial charge >= 0.3 is 0 Å². The Balaban J connectivity index is 2.11. The average Bonchev–Trinajstić information content (AvgIpc) is 2.41. The molecule has 0 aromatic heterocycles. The third-order valence-corrected chi connectivity index (χ3v) is 3.03. The van der Waals surface area contributed by atoms with E-state index in [-0.39, 0.29) is 0 Å². The van der Waals surface area contributed by atoms with E-state index < -0.39 is 6.10 Å². The molecule has 1 unspecified atom stereocenters. The van der Waals surface area contributed by atoms with Gasteiger partial charge < -0.3 is 9.84 Å². The maximum Gasteiger partial charge on any atom is 0.119 e. The fourth-order valence-electron chi connectivity index (χ4n) is 1.91. The van der Waals surface area contributed by atoms with Gasteiger partial charge in [0.1, 0.15) is 5.75 Å². The molecule has 2 nitrogen and oxygen atoms in total. The van der Waals surface area contributed by atoms with Crippen LogP contribution < -0.4 is 4.74 Å². The molecule has 1 N–H and O–H groups in total. The summed E-state index contributed by atoms with van der Waals surface area (Å²) in [5, 5.41) is 10.2. The highest BCUT2D eigenvalue weighted by atomic mass is 16.5. The third-order valence-electron chi connectivity index (χ3n) is 3.03. The van der Waals surface area contributed by atoms with Crippen LogP contribution in [0.1, 0.15) is 22.8 Å². The first-order chi connectivity index (χ1) is 8.69. The molecule has 94 valence electrons. The van der Waals surface area contributed by atoms with Crippen LogP contribution in [0.25, 0.3) is 0 Å². The first kappa shape index (κ1) is 12.7. The molecule has 0 heterocycles. The number of hydrogen-bond acceptors (Lipinski definition) is 2. The lowest BCUT2D eigenvalue weighted by molar-refractivity contribution is 0.178. The number of hydrogen-bond donors (Lipinski definition) is 1. The number of ether oxygens (including phenoxy) is 1. The van der Waals surface area contributed by atoms with Crippen LogP contribution in [0.2, 0.25) is 0 Å². The van der Waals surface area contributed by atoms with Gasteiger partial charge in [-0.2, -0.15) is 0 Å². The molecule has 2 rings (SSSR count). The van der Waals surface area contributed by atoms with E-state index in [1.165, 1.54) is 5.56 Å². The van der Waals surface area contributed by atoms with Gasteiger partial charge in [-0.1, -0.05) is 42.0 Å². The lowest BCUT2D eigenvalue weighted by Crippen LogP contribution is -2.02. The molecule has 0 fully saturated rings. The second-order valence-corrected chi connectivity index (χ2v) is 4.48. The summed E-state index contributed by atoms with van der Waals surface area (Å²) in [6, 6.07) is 15.8. The molecule has 0 aliphatic carbocycles. The molecule has 0 saturated heterocycles. The van der Waals surface area contributed by atoms with Crippen molar-refractivity contribution in [3.05, 3.63) is 65.2 Å². The van der Waals surface area contributed by atoms with E-state index in [0.717, 1.165) is 16.9 Å². The molecule has 0 spiro atoms. The van der Waals surface area contributed by atoms with Crippen molar-refractivity contribution in [1.29, 1.82) is 0 Å². The first-order valence-electron chi connectivity index (χ1n) is 6.06. The topological polar surface area (TPSA) is 29.5 Å². The van der Waals surface area contributed by atoms with Crippen LogP contribution in [-0.2, 0) is 6.42 Å². The maximum atomic E-state index is 10.2. The third kappa shape index (κ3) is 3.11. The van der Waals surface area contributed by atoms with Crippen LogP contribution >= 0.6 is 0 Å². The van der Waals surface area contributed by atoms with Crippen LogP contribution in [0.3, 0.4) is 0 Å². The normalized spacial score (nSPS) is 12.2. The fourth-order valence-corrected chi connectivity index (χ4v) is 1.91. The molecule has 2 aromatic rings. The van der Waals surface area contributed by atoms with Crippen LogP contribution in [0.5, 0.6) is 5.75 Å². The zero-order valence-corrected chi connectivity index (χ0v) is 10.8. The largest absolute Gasteiger partial charge is 0.497 e. The Kier molecular flexibility index (Phi) is 4.00. The van der Waals surface area contributed by atoms with Gasteiger partial charge in [-0.05, 0) is 30.2 Å². The number of methoxy groups -OCH3 is 1. The molecule has 0 aliphatic rings. The molecular formula is C16H18O2. The standard InChI is InChI=1S/C16H18O2/c1-12-6-8-13(9-7-12)10-16(17)14-4-3-5-15(11-14)18-2/h3-9,11,16-17H,10H2,1-2H3. The van der Waals surface area contributed by atoms with Crippen LogP contribution in [0, 0.1) is 6.92 Å².